The molecular formula is C10H13NO3S. The molecule has 1 aromatic rings. The summed E-state index contributed by atoms with van der Waals surface area (Å²) in [4.78, 5) is 14.7. The van der Waals surface area contributed by atoms with Crippen LogP contribution in [0.2, 0.25) is 0 Å². The number of aromatic nitrogens is 1. The predicted octanol–water partition coefficient (Wildman–Crippen LogP) is 2.26. The Bertz CT molecular complexity index is 344. The van der Waals surface area contributed by atoms with Crippen molar-refractivity contribution in [3.05, 3.63) is 17.8 Å². The van der Waals surface area contributed by atoms with Gasteiger partial charge in [-0.25, -0.2) is 4.98 Å². The first-order valence-electron chi connectivity index (χ1n) is 5.03. The smallest absolute Gasteiger partial charge is 0.303 e. The molecule has 15 heavy (non-hydrogen) atoms. The molecule has 2 heterocycles. The summed E-state index contributed by atoms with van der Waals surface area (Å²) in [5, 5.41) is 8.97. The largest absolute Gasteiger partial charge is 0.481 e. The zero-order valence-electron chi connectivity index (χ0n) is 8.31. The highest BCUT2D eigenvalue weighted by molar-refractivity contribution is 7.99. The van der Waals surface area contributed by atoms with Crippen LogP contribution in [0.3, 0.4) is 0 Å². The summed E-state index contributed by atoms with van der Waals surface area (Å²) in [6.07, 6.45) is 4.51. The lowest BCUT2D eigenvalue weighted by molar-refractivity contribution is -0.137. The monoisotopic (exact) mass is 227 g/mol. The Kier molecular flexibility index (Phi) is 3.30. The number of carbonyl (C=O) groups is 1. The number of nitrogens with zero attached hydrogens (tertiary/aromatic N) is 1. The van der Waals surface area contributed by atoms with E-state index in [4.69, 9.17) is 9.52 Å². The first kappa shape index (κ1) is 10.5. The third-order valence-electron chi connectivity index (χ3n) is 2.38. The lowest BCUT2D eigenvalue weighted by atomic mass is 10.2. The van der Waals surface area contributed by atoms with Crippen molar-refractivity contribution >= 4 is 17.7 Å². The Morgan fingerprint density at radius 2 is 2.60 bits per heavy atom. The summed E-state index contributed by atoms with van der Waals surface area (Å²) in [7, 11) is 0. The summed E-state index contributed by atoms with van der Waals surface area (Å²) in [5.74, 6) is 0.909. The number of thioether (sulfide) groups is 1. The number of hydrogen-bond acceptors (Lipinski definition) is 4. The topological polar surface area (TPSA) is 63.3 Å². The fourth-order valence-electron chi connectivity index (χ4n) is 1.61. The summed E-state index contributed by atoms with van der Waals surface area (Å²) >= 11 is 1.89. The minimum absolute atomic E-state index is 0.0811. The van der Waals surface area contributed by atoms with Crippen molar-refractivity contribution < 1.29 is 14.3 Å². The Balaban J connectivity index is 1.94. The second-order valence-corrected chi connectivity index (χ2v) is 4.87. The second-order valence-electron chi connectivity index (χ2n) is 3.56. The average molecular weight is 227 g/mol. The van der Waals surface area contributed by atoms with E-state index in [0.29, 0.717) is 17.6 Å². The molecule has 82 valence electrons. The number of aryl methyl sites for hydroxylation is 1. The van der Waals surface area contributed by atoms with Crippen LogP contribution in [0, 0.1) is 0 Å². The van der Waals surface area contributed by atoms with Crippen LogP contribution in [-0.2, 0) is 11.2 Å². The maximum atomic E-state index is 10.4. The average Bonchev–Trinajstić information content (AvgIpc) is 2.85. The Labute approximate surface area is 92.1 Å². The van der Waals surface area contributed by atoms with E-state index in [2.05, 4.69) is 4.98 Å². The molecule has 1 fully saturated rings. The van der Waals surface area contributed by atoms with Crippen molar-refractivity contribution in [2.24, 2.45) is 0 Å². The molecule has 1 aliphatic heterocycles. The van der Waals surface area contributed by atoms with Crippen LogP contribution in [0.25, 0.3) is 0 Å². The van der Waals surface area contributed by atoms with Crippen molar-refractivity contribution in [2.45, 2.75) is 30.9 Å². The van der Waals surface area contributed by atoms with Crippen molar-refractivity contribution in [1.29, 1.82) is 0 Å². The standard InChI is InChI=1S/C10H13NO3S/c12-10(13)4-3-9-11-7(6-14-9)8-2-1-5-15-8/h6,8H,1-5H2,(H,12,13). The van der Waals surface area contributed by atoms with Crippen LogP contribution in [0.15, 0.2) is 10.7 Å². The Morgan fingerprint density at radius 1 is 1.73 bits per heavy atom. The maximum Gasteiger partial charge on any atom is 0.303 e. The molecule has 4 nitrogen and oxygen atoms in total. The fourth-order valence-corrected chi connectivity index (χ4v) is 2.84. The van der Waals surface area contributed by atoms with Gasteiger partial charge >= 0.3 is 5.97 Å². The fraction of sp³-hybridized carbons (Fsp3) is 0.600. The van der Waals surface area contributed by atoms with Crippen LogP contribution in [0.4, 0.5) is 0 Å². The SMILES string of the molecule is O=C(O)CCc1nc(C2CCCS2)co1. The molecule has 0 bridgehead atoms. The highest BCUT2D eigenvalue weighted by atomic mass is 32.2. The minimum Gasteiger partial charge on any atom is -0.481 e. The van der Waals surface area contributed by atoms with Gasteiger partial charge in [0.1, 0.15) is 6.26 Å². The molecule has 1 aliphatic rings. The first-order chi connectivity index (χ1) is 7.25. The van der Waals surface area contributed by atoms with Crippen LogP contribution in [-0.4, -0.2) is 21.8 Å². The normalized spacial score (nSPS) is 20.7. The van der Waals surface area contributed by atoms with E-state index in [-0.39, 0.29) is 6.42 Å². The summed E-state index contributed by atoms with van der Waals surface area (Å²) in [6, 6.07) is 0. The van der Waals surface area contributed by atoms with Gasteiger partial charge in [-0.3, -0.25) is 4.79 Å². The van der Waals surface area contributed by atoms with Crippen LogP contribution < -0.4 is 0 Å². The van der Waals surface area contributed by atoms with E-state index in [1.807, 2.05) is 11.8 Å². The number of oxazole rings is 1. The molecule has 0 amide bonds. The van der Waals surface area contributed by atoms with Crippen molar-refractivity contribution in [3.8, 4) is 0 Å². The van der Waals surface area contributed by atoms with E-state index < -0.39 is 5.97 Å². The summed E-state index contributed by atoms with van der Waals surface area (Å²) in [5.41, 5.74) is 0.970. The molecule has 1 unspecified atom stereocenters. The highest BCUT2D eigenvalue weighted by Gasteiger charge is 2.21. The van der Waals surface area contributed by atoms with Crippen LogP contribution in [0.1, 0.15) is 36.1 Å². The van der Waals surface area contributed by atoms with E-state index >= 15 is 0 Å². The van der Waals surface area contributed by atoms with Gasteiger partial charge in [0.15, 0.2) is 5.89 Å². The number of carboxylic acid groups (broad SMARTS) is 1. The second kappa shape index (κ2) is 4.70. The molecule has 5 heteroatoms. The van der Waals surface area contributed by atoms with Gasteiger partial charge in [0.05, 0.1) is 17.4 Å². The van der Waals surface area contributed by atoms with Crippen molar-refractivity contribution in [1.82, 2.24) is 4.98 Å². The predicted molar refractivity (Wildman–Crippen MR) is 56.9 cm³/mol. The molecule has 1 atom stereocenters. The van der Waals surface area contributed by atoms with Gasteiger partial charge in [0, 0.05) is 6.42 Å². The quantitative estimate of drug-likeness (QED) is 0.854. The van der Waals surface area contributed by atoms with Gasteiger partial charge in [-0.15, -0.1) is 0 Å². The lowest BCUT2D eigenvalue weighted by Gasteiger charge is -2.00. The van der Waals surface area contributed by atoms with Gasteiger partial charge in [0.25, 0.3) is 0 Å². The molecule has 1 saturated heterocycles. The molecule has 0 radical (unpaired) electrons. The lowest BCUT2D eigenvalue weighted by Crippen LogP contribution is -1.98. The van der Waals surface area contributed by atoms with Gasteiger partial charge < -0.3 is 9.52 Å². The third-order valence-corrected chi connectivity index (χ3v) is 3.79. The van der Waals surface area contributed by atoms with Gasteiger partial charge in [-0.2, -0.15) is 11.8 Å². The highest BCUT2D eigenvalue weighted by Crippen LogP contribution is 2.39. The molecule has 0 aliphatic carbocycles. The molecule has 2 rings (SSSR count). The van der Waals surface area contributed by atoms with Gasteiger partial charge in [0.2, 0.25) is 0 Å². The Hall–Kier alpha value is -0.970. The van der Waals surface area contributed by atoms with E-state index in [1.165, 1.54) is 12.2 Å². The molecule has 0 aromatic carbocycles. The Morgan fingerprint density at radius 3 is 3.27 bits per heavy atom. The minimum atomic E-state index is -0.815. The van der Waals surface area contributed by atoms with E-state index in [1.54, 1.807) is 6.26 Å². The van der Waals surface area contributed by atoms with Gasteiger partial charge in [-0.1, -0.05) is 0 Å². The first-order valence-corrected chi connectivity index (χ1v) is 6.08. The molecule has 0 spiro atoms. The summed E-state index contributed by atoms with van der Waals surface area (Å²) < 4.78 is 5.24. The van der Waals surface area contributed by atoms with Crippen molar-refractivity contribution in [3.63, 3.8) is 0 Å². The number of hydrogen-bond donors (Lipinski definition) is 1. The summed E-state index contributed by atoms with van der Waals surface area (Å²) in [6.45, 7) is 0. The number of carboxylic acids is 1. The van der Waals surface area contributed by atoms with Crippen molar-refractivity contribution in [2.75, 3.05) is 5.75 Å². The number of rotatable bonds is 4. The maximum absolute atomic E-state index is 10.4. The van der Waals surface area contributed by atoms with Crippen LogP contribution in [0.5, 0.6) is 0 Å². The molecule has 1 N–H and O–H groups in total. The van der Waals surface area contributed by atoms with Crippen LogP contribution >= 0.6 is 11.8 Å². The van der Waals surface area contributed by atoms with E-state index in [0.717, 1.165) is 12.1 Å². The molecule has 1 aromatic heterocycles. The molecule has 0 saturated carbocycles. The molecular weight excluding hydrogens is 214 g/mol. The third kappa shape index (κ3) is 2.75. The number of aliphatic carboxylic acids is 1. The van der Waals surface area contributed by atoms with E-state index in [9.17, 15) is 4.79 Å². The zero-order chi connectivity index (χ0) is 10.7. The van der Waals surface area contributed by atoms with Gasteiger partial charge in [-0.05, 0) is 18.6 Å². The zero-order valence-corrected chi connectivity index (χ0v) is 9.13.